The molecule has 6 nitrogen and oxygen atoms in total. The number of benzene rings is 1. The number of fused-ring (bicyclic) bond motifs is 2. The van der Waals surface area contributed by atoms with Crippen LogP contribution in [0.5, 0.6) is 0 Å². The normalized spacial score (nSPS) is 18.5. The van der Waals surface area contributed by atoms with Gasteiger partial charge < -0.3 is 10.2 Å². The van der Waals surface area contributed by atoms with E-state index in [0.717, 1.165) is 58.5 Å². The van der Waals surface area contributed by atoms with E-state index in [1.165, 1.54) is 25.7 Å². The van der Waals surface area contributed by atoms with Crippen molar-refractivity contribution in [2.45, 2.75) is 31.2 Å². The highest BCUT2D eigenvalue weighted by atomic mass is 15.3. The van der Waals surface area contributed by atoms with Crippen LogP contribution in [0.25, 0.3) is 33.1 Å². The van der Waals surface area contributed by atoms with Gasteiger partial charge in [0.25, 0.3) is 0 Å². The Morgan fingerprint density at radius 3 is 2.73 bits per heavy atom. The second-order valence-electron chi connectivity index (χ2n) is 8.50. The van der Waals surface area contributed by atoms with Gasteiger partial charge in [-0.2, -0.15) is 0 Å². The summed E-state index contributed by atoms with van der Waals surface area (Å²) in [6.45, 7) is 3.00. The van der Waals surface area contributed by atoms with Crippen molar-refractivity contribution in [2.24, 2.45) is 0 Å². The Kier molecular flexibility index (Phi) is 4.13. The molecule has 2 aliphatic rings. The molecule has 1 spiro atoms. The van der Waals surface area contributed by atoms with E-state index in [4.69, 9.17) is 4.98 Å². The van der Waals surface area contributed by atoms with Gasteiger partial charge >= 0.3 is 0 Å². The van der Waals surface area contributed by atoms with E-state index in [9.17, 15) is 0 Å². The first-order valence-corrected chi connectivity index (χ1v) is 10.8. The highest BCUT2D eigenvalue weighted by Crippen LogP contribution is 2.36. The Hall–Kier alpha value is -3.12. The quantitative estimate of drug-likeness (QED) is 0.553. The molecule has 1 aliphatic carbocycles. The molecule has 1 saturated carbocycles. The maximum absolute atomic E-state index is 4.74. The summed E-state index contributed by atoms with van der Waals surface area (Å²) in [7, 11) is 0. The van der Waals surface area contributed by atoms with Gasteiger partial charge in [0.05, 0.1) is 5.52 Å². The summed E-state index contributed by atoms with van der Waals surface area (Å²) >= 11 is 0. The minimum absolute atomic E-state index is 0.250. The SMILES string of the molecule is c1cnc2nccc(-c3ccc4ncnc(N5CCNC6(CCCC6)C5)c4c3)c2c1. The molecular weight excluding hydrogens is 372 g/mol. The highest BCUT2D eigenvalue weighted by Gasteiger charge is 2.38. The molecule has 30 heavy (non-hydrogen) atoms. The van der Waals surface area contributed by atoms with E-state index in [2.05, 4.69) is 55.5 Å². The molecular formula is C24H24N6. The van der Waals surface area contributed by atoms with Gasteiger partial charge in [-0.15, -0.1) is 0 Å². The van der Waals surface area contributed by atoms with Crippen LogP contribution >= 0.6 is 0 Å². The molecule has 0 radical (unpaired) electrons. The second-order valence-corrected chi connectivity index (χ2v) is 8.50. The molecule has 1 aliphatic heterocycles. The van der Waals surface area contributed by atoms with Gasteiger partial charge in [0.15, 0.2) is 5.65 Å². The average Bonchev–Trinajstić information content (AvgIpc) is 3.25. The molecule has 1 aromatic carbocycles. The minimum atomic E-state index is 0.250. The molecule has 0 bridgehead atoms. The van der Waals surface area contributed by atoms with Crippen molar-refractivity contribution in [3.63, 3.8) is 0 Å². The summed E-state index contributed by atoms with van der Waals surface area (Å²) < 4.78 is 0. The molecule has 1 N–H and O–H groups in total. The predicted octanol–water partition coefficient (Wildman–Crippen LogP) is 3.96. The van der Waals surface area contributed by atoms with E-state index in [1.807, 2.05) is 12.3 Å². The lowest BCUT2D eigenvalue weighted by atomic mass is 9.94. The van der Waals surface area contributed by atoms with E-state index in [0.29, 0.717) is 0 Å². The number of pyridine rings is 2. The number of piperazine rings is 1. The van der Waals surface area contributed by atoms with Gasteiger partial charge in [0.2, 0.25) is 0 Å². The standard InChI is InChI=1S/C24H24N6/c1-2-9-24(8-1)15-30(13-12-29-24)23-20-14-17(5-6-21(20)27-16-28-23)18-7-11-26-22-19(18)4-3-10-25-22/h3-7,10-11,14,16,29H,1-2,8-9,12-13,15H2. The zero-order valence-electron chi connectivity index (χ0n) is 16.9. The van der Waals surface area contributed by atoms with Crippen molar-refractivity contribution < 1.29 is 0 Å². The lowest BCUT2D eigenvalue weighted by molar-refractivity contribution is 0.303. The highest BCUT2D eigenvalue weighted by molar-refractivity contribution is 5.98. The van der Waals surface area contributed by atoms with Crippen LogP contribution in [0.4, 0.5) is 5.82 Å². The van der Waals surface area contributed by atoms with Crippen LogP contribution in [0.3, 0.4) is 0 Å². The summed E-state index contributed by atoms with van der Waals surface area (Å²) in [5, 5.41) is 5.97. The molecule has 0 atom stereocenters. The first-order chi connectivity index (χ1) is 14.8. The summed E-state index contributed by atoms with van der Waals surface area (Å²) in [6.07, 6.45) is 10.5. The number of rotatable bonds is 2. The Morgan fingerprint density at radius 1 is 0.900 bits per heavy atom. The number of hydrogen-bond acceptors (Lipinski definition) is 6. The Balaban J connectivity index is 1.47. The van der Waals surface area contributed by atoms with Crippen molar-refractivity contribution in [3.05, 3.63) is 55.1 Å². The Morgan fingerprint density at radius 2 is 1.80 bits per heavy atom. The van der Waals surface area contributed by atoms with Crippen molar-refractivity contribution >= 4 is 27.8 Å². The monoisotopic (exact) mass is 396 g/mol. The first kappa shape index (κ1) is 17.7. The minimum Gasteiger partial charge on any atom is -0.353 e. The number of nitrogens with zero attached hydrogens (tertiary/aromatic N) is 5. The zero-order valence-corrected chi connectivity index (χ0v) is 16.9. The fraction of sp³-hybridized carbons (Fsp3) is 0.333. The first-order valence-electron chi connectivity index (χ1n) is 10.8. The van der Waals surface area contributed by atoms with Crippen LogP contribution in [0.15, 0.2) is 55.1 Å². The Labute approximate surface area is 175 Å². The average molecular weight is 396 g/mol. The van der Waals surface area contributed by atoms with Gasteiger partial charge in [-0.1, -0.05) is 18.9 Å². The third-order valence-corrected chi connectivity index (χ3v) is 6.68. The van der Waals surface area contributed by atoms with Crippen molar-refractivity contribution in [2.75, 3.05) is 24.5 Å². The third-order valence-electron chi connectivity index (χ3n) is 6.68. The molecule has 150 valence electrons. The van der Waals surface area contributed by atoms with Gasteiger partial charge in [-0.05, 0) is 54.3 Å². The fourth-order valence-corrected chi connectivity index (χ4v) is 5.22. The lowest BCUT2D eigenvalue weighted by Gasteiger charge is -2.42. The van der Waals surface area contributed by atoms with Gasteiger partial charge in [-0.3, -0.25) is 0 Å². The summed E-state index contributed by atoms with van der Waals surface area (Å²) in [6, 6.07) is 12.6. The van der Waals surface area contributed by atoms with Crippen molar-refractivity contribution in [1.29, 1.82) is 0 Å². The summed E-state index contributed by atoms with van der Waals surface area (Å²) in [5.74, 6) is 1.05. The molecule has 4 heterocycles. The molecule has 6 heteroatoms. The Bertz CT molecular complexity index is 1230. The molecule has 0 amide bonds. The molecule has 6 rings (SSSR count). The van der Waals surface area contributed by atoms with Crippen LogP contribution in [-0.4, -0.2) is 45.1 Å². The zero-order chi connectivity index (χ0) is 20.0. The number of anilines is 1. The molecule has 3 aromatic heterocycles. The van der Waals surface area contributed by atoms with Crippen LogP contribution < -0.4 is 10.2 Å². The molecule has 0 unspecified atom stereocenters. The number of nitrogens with one attached hydrogen (secondary N) is 1. The molecule has 4 aromatic rings. The summed E-state index contributed by atoms with van der Waals surface area (Å²) in [5.41, 5.74) is 4.28. The van der Waals surface area contributed by atoms with Gasteiger partial charge in [-0.25, -0.2) is 19.9 Å². The second kappa shape index (κ2) is 6.99. The number of aromatic nitrogens is 4. The largest absolute Gasteiger partial charge is 0.353 e. The van der Waals surface area contributed by atoms with E-state index in [-0.39, 0.29) is 5.54 Å². The third kappa shape index (κ3) is 2.91. The smallest absolute Gasteiger partial charge is 0.159 e. The summed E-state index contributed by atoms with van der Waals surface area (Å²) in [4.78, 5) is 20.6. The lowest BCUT2D eigenvalue weighted by Crippen LogP contribution is -2.59. The van der Waals surface area contributed by atoms with Crippen LogP contribution in [-0.2, 0) is 0 Å². The maximum Gasteiger partial charge on any atom is 0.159 e. The van der Waals surface area contributed by atoms with Gasteiger partial charge in [0.1, 0.15) is 12.1 Å². The maximum atomic E-state index is 4.74. The fourth-order valence-electron chi connectivity index (χ4n) is 5.22. The topological polar surface area (TPSA) is 66.8 Å². The van der Waals surface area contributed by atoms with E-state index < -0.39 is 0 Å². The van der Waals surface area contributed by atoms with Crippen LogP contribution in [0.1, 0.15) is 25.7 Å². The number of hydrogen-bond donors (Lipinski definition) is 1. The van der Waals surface area contributed by atoms with E-state index >= 15 is 0 Å². The van der Waals surface area contributed by atoms with Crippen LogP contribution in [0.2, 0.25) is 0 Å². The van der Waals surface area contributed by atoms with Crippen LogP contribution in [0, 0.1) is 0 Å². The predicted molar refractivity (Wildman–Crippen MR) is 119 cm³/mol. The van der Waals surface area contributed by atoms with Crippen molar-refractivity contribution in [3.8, 4) is 11.1 Å². The molecule has 1 saturated heterocycles. The van der Waals surface area contributed by atoms with Crippen molar-refractivity contribution in [1.82, 2.24) is 25.3 Å². The van der Waals surface area contributed by atoms with E-state index in [1.54, 1.807) is 12.5 Å². The molecule has 2 fully saturated rings. The van der Waals surface area contributed by atoms with Gasteiger partial charge in [0, 0.05) is 48.3 Å².